The highest BCUT2D eigenvalue weighted by Gasteiger charge is 2.60. The van der Waals surface area contributed by atoms with E-state index in [1.54, 1.807) is 0 Å². The fourth-order valence-electron chi connectivity index (χ4n) is 4.88. The maximum absolute atomic E-state index is 12.4. The van der Waals surface area contributed by atoms with Gasteiger partial charge >= 0.3 is 0 Å². The predicted molar refractivity (Wildman–Crippen MR) is 96.4 cm³/mol. The van der Waals surface area contributed by atoms with Crippen molar-refractivity contribution in [1.29, 1.82) is 0 Å². The molecule has 3 atom stereocenters. The number of nitrogens with one attached hydrogen (secondary N) is 2. The van der Waals surface area contributed by atoms with Crippen LogP contribution in [0.5, 0.6) is 0 Å². The monoisotopic (exact) mass is 323 g/mol. The summed E-state index contributed by atoms with van der Waals surface area (Å²) < 4.78 is 0. The number of fused-ring (bicyclic) bond motifs is 2. The summed E-state index contributed by atoms with van der Waals surface area (Å²) in [6, 6.07) is 0. The Labute approximate surface area is 142 Å². The van der Waals surface area contributed by atoms with E-state index in [-0.39, 0.29) is 16.9 Å². The molecule has 2 aliphatic carbocycles. The smallest absolute Gasteiger partial charge is 0.234 e. The molecule has 0 aromatic carbocycles. The number of rotatable bonds is 9. The lowest BCUT2D eigenvalue weighted by molar-refractivity contribution is -0.124. The van der Waals surface area contributed by atoms with Crippen molar-refractivity contribution in [2.75, 3.05) is 32.7 Å². The van der Waals surface area contributed by atoms with Gasteiger partial charge in [-0.2, -0.15) is 0 Å². The fraction of sp³-hybridized carbons (Fsp3) is 0.947. The van der Waals surface area contributed by atoms with E-state index in [0.717, 1.165) is 38.5 Å². The summed E-state index contributed by atoms with van der Waals surface area (Å²) in [5, 5.41) is 6.70. The summed E-state index contributed by atoms with van der Waals surface area (Å²) in [6.45, 7) is 16.0. The van der Waals surface area contributed by atoms with E-state index < -0.39 is 0 Å². The van der Waals surface area contributed by atoms with Crippen LogP contribution in [0, 0.1) is 17.3 Å². The fourth-order valence-corrected chi connectivity index (χ4v) is 4.88. The molecular weight excluding hydrogens is 286 g/mol. The molecule has 0 aliphatic heterocycles. The van der Waals surface area contributed by atoms with Gasteiger partial charge in [-0.05, 0) is 76.0 Å². The van der Waals surface area contributed by atoms with Gasteiger partial charge in [-0.25, -0.2) is 0 Å². The minimum Gasteiger partial charge on any atom is -0.349 e. The lowest BCUT2D eigenvalue weighted by atomic mass is 9.64. The summed E-state index contributed by atoms with van der Waals surface area (Å²) in [4.78, 5) is 14.8. The van der Waals surface area contributed by atoms with E-state index in [4.69, 9.17) is 0 Å². The van der Waals surface area contributed by atoms with Crippen molar-refractivity contribution in [3.8, 4) is 0 Å². The second-order valence-corrected chi connectivity index (χ2v) is 8.24. The van der Waals surface area contributed by atoms with Crippen LogP contribution in [-0.2, 0) is 4.79 Å². The molecule has 2 saturated carbocycles. The first-order chi connectivity index (χ1) is 10.8. The van der Waals surface area contributed by atoms with E-state index in [1.165, 1.54) is 19.3 Å². The normalized spacial score (nSPS) is 31.7. The van der Waals surface area contributed by atoms with Crippen molar-refractivity contribution < 1.29 is 4.79 Å². The predicted octanol–water partition coefficient (Wildman–Crippen LogP) is 2.64. The highest BCUT2D eigenvalue weighted by atomic mass is 16.2. The Kier molecular flexibility index (Phi) is 6.12. The standard InChI is InChI=1S/C19H37N3O/c1-6-22(7-2)12-8-11-20-14-17(23)21-19(5)16-10-9-15(13-16)18(19,3)4/h15-16,20H,6-14H2,1-5H3,(H,21,23)/t15-,16+,19+/m0/s1. The number of carbonyl (C=O) groups excluding carboxylic acids is 1. The van der Waals surface area contributed by atoms with E-state index in [0.29, 0.717) is 12.5 Å². The Morgan fingerprint density at radius 2 is 1.78 bits per heavy atom. The van der Waals surface area contributed by atoms with Gasteiger partial charge in [0.2, 0.25) is 5.91 Å². The molecule has 0 radical (unpaired) electrons. The summed E-state index contributed by atoms with van der Waals surface area (Å²) in [7, 11) is 0. The highest BCUT2D eigenvalue weighted by molar-refractivity contribution is 5.79. The topological polar surface area (TPSA) is 44.4 Å². The van der Waals surface area contributed by atoms with Crippen LogP contribution < -0.4 is 10.6 Å². The van der Waals surface area contributed by atoms with Crippen molar-refractivity contribution in [1.82, 2.24) is 15.5 Å². The van der Waals surface area contributed by atoms with Gasteiger partial charge in [0.15, 0.2) is 0 Å². The molecule has 2 fully saturated rings. The number of hydrogen-bond acceptors (Lipinski definition) is 3. The van der Waals surface area contributed by atoms with Gasteiger partial charge in [-0.3, -0.25) is 4.79 Å². The number of nitrogens with zero attached hydrogens (tertiary/aromatic N) is 1. The highest BCUT2D eigenvalue weighted by Crippen LogP contribution is 2.61. The molecule has 134 valence electrons. The number of amides is 1. The van der Waals surface area contributed by atoms with Crippen LogP contribution >= 0.6 is 0 Å². The first-order valence-electron chi connectivity index (χ1n) is 9.59. The largest absolute Gasteiger partial charge is 0.349 e. The van der Waals surface area contributed by atoms with Crippen molar-refractivity contribution in [2.45, 2.75) is 65.8 Å². The molecule has 4 heteroatoms. The molecular formula is C19H37N3O. The summed E-state index contributed by atoms with van der Waals surface area (Å²) in [6.07, 6.45) is 5.01. The molecule has 2 aliphatic rings. The lowest BCUT2D eigenvalue weighted by Crippen LogP contribution is -2.60. The second kappa shape index (κ2) is 7.52. The second-order valence-electron chi connectivity index (χ2n) is 8.24. The van der Waals surface area contributed by atoms with E-state index >= 15 is 0 Å². The maximum Gasteiger partial charge on any atom is 0.234 e. The van der Waals surface area contributed by atoms with Crippen molar-refractivity contribution in [3.63, 3.8) is 0 Å². The molecule has 0 unspecified atom stereocenters. The molecule has 0 heterocycles. The molecule has 0 aromatic heterocycles. The number of hydrogen-bond donors (Lipinski definition) is 2. The maximum atomic E-state index is 12.4. The van der Waals surface area contributed by atoms with Crippen molar-refractivity contribution in [3.05, 3.63) is 0 Å². The van der Waals surface area contributed by atoms with Crippen LogP contribution in [-0.4, -0.2) is 49.1 Å². The number of carbonyl (C=O) groups is 1. The molecule has 1 amide bonds. The molecule has 2 rings (SSSR count). The summed E-state index contributed by atoms with van der Waals surface area (Å²) in [5.74, 6) is 1.60. The molecule has 4 nitrogen and oxygen atoms in total. The first-order valence-corrected chi connectivity index (χ1v) is 9.59. The SMILES string of the molecule is CCN(CC)CCCNCC(=O)N[C@]1(C)[C@@H]2CC[C@@H](C2)C1(C)C. The van der Waals surface area contributed by atoms with Gasteiger partial charge < -0.3 is 15.5 Å². The minimum atomic E-state index is -0.0318. The Morgan fingerprint density at radius 1 is 1.13 bits per heavy atom. The zero-order valence-corrected chi connectivity index (χ0v) is 15.9. The van der Waals surface area contributed by atoms with E-state index in [9.17, 15) is 4.79 Å². The minimum absolute atomic E-state index is 0.0318. The van der Waals surface area contributed by atoms with Crippen molar-refractivity contribution >= 4 is 5.91 Å². The third-order valence-corrected chi connectivity index (χ3v) is 7.02. The summed E-state index contributed by atoms with van der Waals surface area (Å²) in [5.41, 5.74) is 0.185. The van der Waals surface area contributed by atoms with Gasteiger partial charge in [0.1, 0.15) is 0 Å². The van der Waals surface area contributed by atoms with Crippen LogP contribution in [0.15, 0.2) is 0 Å². The lowest BCUT2D eigenvalue weighted by Gasteiger charge is -2.48. The molecule has 0 saturated heterocycles. The Hall–Kier alpha value is -0.610. The van der Waals surface area contributed by atoms with Gasteiger partial charge in [-0.1, -0.05) is 27.7 Å². The van der Waals surface area contributed by atoms with Crippen LogP contribution in [0.25, 0.3) is 0 Å². The molecule has 0 aromatic rings. The average Bonchev–Trinajstić information content (AvgIpc) is 3.06. The average molecular weight is 324 g/mol. The third kappa shape index (κ3) is 3.74. The molecule has 2 bridgehead atoms. The zero-order valence-electron chi connectivity index (χ0n) is 15.9. The first kappa shape index (κ1) is 18.7. The van der Waals surface area contributed by atoms with Gasteiger partial charge in [0.05, 0.1) is 6.54 Å². The Balaban J connectivity index is 1.71. The van der Waals surface area contributed by atoms with E-state index in [1.807, 2.05) is 0 Å². The third-order valence-electron chi connectivity index (χ3n) is 7.02. The van der Waals surface area contributed by atoms with Gasteiger partial charge in [0.25, 0.3) is 0 Å². The molecule has 2 N–H and O–H groups in total. The zero-order chi connectivity index (χ0) is 17.1. The quantitative estimate of drug-likeness (QED) is 0.641. The summed E-state index contributed by atoms with van der Waals surface area (Å²) >= 11 is 0. The van der Waals surface area contributed by atoms with Gasteiger partial charge in [-0.15, -0.1) is 0 Å². The molecule has 0 spiro atoms. The van der Waals surface area contributed by atoms with Crippen LogP contribution in [0.1, 0.15) is 60.3 Å². The molecule has 23 heavy (non-hydrogen) atoms. The Morgan fingerprint density at radius 3 is 2.35 bits per heavy atom. The van der Waals surface area contributed by atoms with Crippen LogP contribution in [0.4, 0.5) is 0 Å². The van der Waals surface area contributed by atoms with E-state index in [2.05, 4.69) is 50.2 Å². The van der Waals surface area contributed by atoms with Crippen molar-refractivity contribution in [2.24, 2.45) is 17.3 Å². The van der Waals surface area contributed by atoms with Gasteiger partial charge in [0, 0.05) is 5.54 Å². The van der Waals surface area contributed by atoms with Crippen LogP contribution in [0.3, 0.4) is 0 Å². The van der Waals surface area contributed by atoms with Crippen LogP contribution in [0.2, 0.25) is 0 Å². The Bertz CT molecular complexity index is 405.